The second kappa shape index (κ2) is 9.82. The molecular weight excluding hydrogens is 411 g/mol. The Morgan fingerprint density at radius 3 is 2.32 bits per heavy atom. The number of amides is 2. The lowest BCUT2D eigenvalue weighted by atomic mass is 10.1. The van der Waals surface area contributed by atoms with Gasteiger partial charge in [0.15, 0.2) is 6.73 Å². The van der Waals surface area contributed by atoms with Crippen molar-refractivity contribution in [1.82, 2.24) is 5.32 Å². The molecule has 0 atom stereocenters. The third-order valence-corrected chi connectivity index (χ3v) is 3.98. The number of hydrogen-bond acceptors (Lipinski definition) is 6. The average molecular weight is 427 g/mol. The minimum absolute atomic E-state index is 0.0620. The minimum Gasteiger partial charge on any atom is -0.472 e. The molecule has 2 rings (SSSR count). The van der Waals surface area contributed by atoms with Crippen LogP contribution in [0.15, 0.2) is 36.4 Å². The Morgan fingerprint density at radius 1 is 0.964 bits per heavy atom. The van der Waals surface area contributed by atoms with Crippen LogP contribution in [-0.2, 0) is 9.47 Å². The first-order chi connectivity index (χ1) is 13.3. The molecule has 0 saturated heterocycles. The highest BCUT2D eigenvalue weighted by Crippen LogP contribution is 2.27. The van der Waals surface area contributed by atoms with Crippen LogP contribution in [0.4, 0.5) is 10.5 Å². The number of halogens is 2. The van der Waals surface area contributed by atoms with Crippen molar-refractivity contribution in [1.29, 1.82) is 0 Å². The van der Waals surface area contributed by atoms with Crippen molar-refractivity contribution in [3.8, 4) is 5.75 Å². The Bertz CT molecular complexity index is 904. The number of esters is 2. The highest BCUT2D eigenvalue weighted by atomic mass is 35.5. The number of anilines is 1. The zero-order chi connectivity index (χ0) is 20.7. The molecule has 28 heavy (non-hydrogen) atoms. The van der Waals surface area contributed by atoms with Gasteiger partial charge in [-0.3, -0.25) is 0 Å². The average Bonchev–Trinajstić information content (AvgIpc) is 2.68. The first kappa shape index (κ1) is 21.3. The summed E-state index contributed by atoms with van der Waals surface area (Å²) in [6.45, 7) is -0.211. The van der Waals surface area contributed by atoms with Crippen LogP contribution in [-0.4, -0.2) is 38.9 Å². The van der Waals surface area contributed by atoms with E-state index in [1.54, 1.807) is 12.1 Å². The summed E-state index contributed by atoms with van der Waals surface area (Å²) in [4.78, 5) is 35.7. The third-order valence-electron chi connectivity index (χ3n) is 3.45. The SMILES string of the molecule is COC(=O)c1ccc(C(=O)OC)c(NC(=O)NCOc2ccc(Cl)cc2Cl)c1. The van der Waals surface area contributed by atoms with E-state index in [0.717, 1.165) is 0 Å². The van der Waals surface area contributed by atoms with Crippen molar-refractivity contribution in [3.05, 3.63) is 57.6 Å². The maximum absolute atomic E-state index is 12.1. The van der Waals surface area contributed by atoms with Crippen LogP contribution in [0.3, 0.4) is 0 Å². The van der Waals surface area contributed by atoms with Gasteiger partial charge >= 0.3 is 18.0 Å². The lowest BCUT2D eigenvalue weighted by Crippen LogP contribution is -2.32. The standard InChI is InChI=1S/C18H16Cl2N2O6/c1-26-16(23)10-3-5-12(17(24)27-2)14(7-10)22-18(25)21-9-28-15-6-4-11(19)8-13(15)20/h3-8H,9H2,1-2H3,(H2,21,22,25). The number of urea groups is 1. The Labute approximate surface area is 170 Å². The molecule has 2 amide bonds. The largest absolute Gasteiger partial charge is 0.472 e. The van der Waals surface area contributed by atoms with Crippen molar-refractivity contribution in [3.63, 3.8) is 0 Å². The molecule has 10 heteroatoms. The van der Waals surface area contributed by atoms with E-state index in [2.05, 4.69) is 20.1 Å². The van der Waals surface area contributed by atoms with E-state index < -0.39 is 18.0 Å². The topological polar surface area (TPSA) is 103 Å². The molecule has 2 aromatic carbocycles. The van der Waals surface area contributed by atoms with Crippen molar-refractivity contribution in [2.75, 3.05) is 26.3 Å². The van der Waals surface area contributed by atoms with Gasteiger partial charge in [0, 0.05) is 5.02 Å². The van der Waals surface area contributed by atoms with Crippen LogP contribution in [0.1, 0.15) is 20.7 Å². The number of carbonyl (C=O) groups excluding carboxylic acids is 3. The molecule has 0 fully saturated rings. The molecule has 0 radical (unpaired) electrons. The lowest BCUT2D eigenvalue weighted by Gasteiger charge is -2.13. The Balaban J connectivity index is 2.06. The van der Waals surface area contributed by atoms with Crippen LogP contribution in [0.2, 0.25) is 10.0 Å². The summed E-state index contributed by atoms with van der Waals surface area (Å²) < 4.78 is 14.7. The number of carbonyl (C=O) groups is 3. The van der Waals surface area contributed by atoms with E-state index in [0.29, 0.717) is 10.8 Å². The van der Waals surface area contributed by atoms with Crippen LogP contribution in [0, 0.1) is 0 Å². The highest BCUT2D eigenvalue weighted by Gasteiger charge is 2.17. The van der Waals surface area contributed by atoms with Crippen LogP contribution < -0.4 is 15.4 Å². The van der Waals surface area contributed by atoms with Gasteiger partial charge in [0.05, 0.1) is 36.1 Å². The summed E-state index contributed by atoms with van der Waals surface area (Å²) in [6, 6.07) is 7.99. The first-order valence-electron chi connectivity index (χ1n) is 7.79. The molecule has 8 nitrogen and oxygen atoms in total. The van der Waals surface area contributed by atoms with E-state index in [4.69, 9.17) is 27.9 Å². The van der Waals surface area contributed by atoms with Crippen molar-refractivity contribution in [2.24, 2.45) is 0 Å². The highest BCUT2D eigenvalue weighted by molar-refractivity contribution is 6.35. The van der Waals surface area contributed by atoms with Crippen molar-refractivity contribution >= 4 is 46.9 Å². The van der Waals surface area contributed by atoms with Crippen molar-refractivity contribution < 1.29 is 28.6 Å². The zero-order valence-electron chi connectivity index (χ0n) is 14.9. The molecule has 2 N–H and O–H groups in total. The molecule has 148 valence electrons. The molecule has 0 unspecified atom stereocenters. The van der Waals surface area contributed by atoms with Crippen LogP contribution in [0.5, 0.6) is 5.75 Å². The fourth-order valence-corrected chi connectivity index (χ4v) is 2.58. The Kier molecular flexibility index (Phi) is 7.48. The van der Waals surface area contributed by atoms with E-state index in [9.17, 15) is 14.4 Å². The summed E-state index contributed by atoms with van der Waals surface area (Å²) in [5.41, 5.74) is 0.276. The van der Waals surface area contributed by atoms with Crippen LogP contribution >= 0.6 is 23.2 Å². The maximum atomic E-state index is 12.1. The number of rotatable bonds is 6. The first-order valence-corrected chi connectivity index (χ1v) is 8.54. The Hall–Kier alpha value is -2.97. The van der Waals surface area contributed by atoms with Gasteiger partial charge < -0.3 is 24.8 Å². The second-order valence-corrected chi connectivity index (χ2v) is 6.08. The lowest BCUT2D eigenvalue weighted by molar-refractivity contribution is 0.0587. The minimum atomic E-state index is -0.684. The summed E-state index contributed by atoms with van der Waals surface area (Å²) in [5, 5.41) is 5.63. The number of benzene rings is 2. The molecule has 0 heterocycles. The van der Waals surface area contributed by atoms with Gasteiger partial charge in [-0.2, -0.15) is 0 Å². The third kappa shape index (κ3) is 5.51. The molecule has 0 aliphatic heterocycles. The monoisotopic (exact) mass is 426 g/mol. The molecule has 0 aromatic heterocycles. The zero-order valence-corrected chi connectivity index (χ0v) is 16.4. The fourth-order valence-electron chi connectivity index (χ4n) is 2.12. The van der Waals surface area contributed by atoms with E-state index in [1.165, 1.54) is 38.5 Å². The number of ether oxygens (including phenoxy) is 3. The van der Waals surface area contributed by atoms with E-state index in [-0.39, 0.29) is 28.6 Å². The fraction of sp³-hybridized carbons (Fsp3) is 0.167. The van der Waals surface area contributed by atoms with Gasteiger partial charge in [-0.25, -0.2) is 14.4 Å². The second-order valence-electron chi connectivity index (χ2n) is 5.24. The predicted molar refractivity (Wildman–Crippen MR) is 103 cm³/mol. The molecule has 0 aliphatic rings. The summed E-state index contributed by atoms with van der Waals surface area (Å²) in [5.74, 6) is -0.981. The number of methoxy groups -OCH3 is 2. The van der Waals surface area contributed by atoms with E-state index in [1.807, 2.05) is 0 Å². The molecule has 0 bridgehead atoms. The summed E-state index contributed by atoms with van der Waals surface area (Å²) >= 11 is 11.8. The maximum Gasteiger partial charge on any atom is 0.339 e. The van der Waals surface area contributed by atoms with Crippen LogP contribution in [0.25, 0.3) is 0 Å². The number of nitrogens with one attached hydrogen (secondary N) is 2. The molecule has 0 spiro atoms. The summed E-state index contributed by atoms with van der Waals surface area (Å²) in [7, 11) is 2.42. The molecular formula is C18H16Cl2N2O6. The van der Waals surface area contributed by atoms with Gasteiger partial charge in [-0.05, 0) is 36.4 Å². The normalized spacial score (nSPS) is 10.0. The predicted octanol–water partition coefficient (Wildman–Crippen LogP) is 3.72. The van der Waals surface area contributed by atoms with Gasteiger partial charge in [0.2, 0.25) is 0 Å². The van der Waals surface area contributed by atoms with Crippen molar-refractivity contribution in [2.45, 2.75) is 0 Å². The molecule has 0 saturated carbocycles. The molecule has 0 aliphatic carbocycles. The quantitative estimate of drug-likeness (QED) is 0.538. The van der Waals surface area contributed by atoms with Gasteiger partial charge in [0.1, 0.15) is 5.75 Å². The van der Waals surface area contributed by atoms with Gasteiger partial charge in [0.25, 0.3) is 0 Å². The molecule has 2 aromatic rings. The number of hydrogen-bond donors (Lipinski definition) is 2. The summed E-state index contributed by atoms with van der Waals surface area (Å²) in [6.07, 6.45) is 0. The smallest absolute Gasteiger partial charge is 0.339 e. The Morgan fingerprint density at radius 2 is 1.68 bits per heavy atom. The van der Waals surface area contributed by atoms with Gasteiger partial charge in [-0.1, -0.05) is 23.2 Å². The van der Waals surface area contributed by atoms with Gasteiger partial charge in [-0.15, -0.1) is 0 Å². The van der Waals surface area contributed by atoms with E-state index >= 15 is 0 Å².